The van der Waals surface area contributed by atoms with Gasteiger partial charge < -0.3 is 5.11 Å². The fourth-order valence-electron chi connectivity index (χ4n) is 2.66. The third-order valence-corrected chi connectivity index (χ3v) is 4.23. The van der Waals surface area contributed by atoms with E-state index in [2.05, 4.69) is 63.7 Å². The zero-order valence-electron chi connectivity index (χ0n) is 15.8. The summed E-state index contributed by atoms with van der Waals surface area (Å²) in [6.07, 6.45) is 7.90. The zero-order valence-corrected chi connectivity index (χ0v) is 15.8. The molecule has 0 radical (unpaired) electrons. The third kappa shape index (κ3) is 4.56. The minimum atomic E-state index is -0.121. The zero-order chi connectivity index (χ0) is 18.0. The first kappa shape index (κ1) is 18.4. The molecule has 0 aliphatic carbocycles. The van der Waals surface area contributed by atoms with E-state index in [9.17, 15) is 5.11 Å². The van der Waals surface area contributed by atoms with Crippen molar-refractivity contribution in [3.8, 4) is 5.75 Å². The minimum absolute atomic E-state index is 0.0203. The summed E-state index contributed by atoms with van der Waals surface area (Å²) in [5, 5.41) is 10.7. The molecule has 0 amide bonds. The van der Waals surface area contributed by atoms with Gasteiger partial charge in [-0.2, -0.15) is 0 Å². The van der Waals surface area contributed by atoms with Crippen molar-refractivity contribution in [1.29, 1.82) is 0 Å². The smallest absolute Gasteiger partial charge is 0.128 e. The highest BCUT2D eigenvalue weighted by Crippen LogP contribution is 2.37. The van der Waals surface area contributed by atoms with E-state index in [1.165, 1.54) is 5.56 Å². The largest absolute Gasteiger partial charge is 0.507 e. The predicted molar refractivity (Wildman–Crippen MR) is 104 cm³/mol. The van der Waals surface area contributed by atoms with Crippen LogP contribution in [0.25, 0.3) is 0 Å². The van der Waals surface area contributed by atoms with Gasteiger partial charge in [-0.3, -0.25) is 9.98 Å². The van der Waals surface area contributed by atoms with Crippen LogP contribution in [0.1, 0.15) is 71.1 Å². The van der Waals surface area contributed by atoms with Gasteiger partial charge in [0.2, 0.25) is 0 Å². The topological polar surface area (TPSA) is 45.0 Å². The SMILES string of the molecule is CC(C)(C)c1cc(C=NCC2=CCCC=N2)c(O)c(C(C)(C)C)c1. The van der Waals surface area contributed by atoms with Gasteiger partial charge in [0.15, 0.2) is 0 Å². The highest BCUT2D eigenvalue weighted by Gasteiger charge is 2.24. The second kappa shape index (κ2) is 6.92. The van der Waals surface area contributed by atoms with Crippen molar-refractivity contribution in [2.24, 2.45) is 9.98 Å². The van der Waals surface area contributed by atoms with Gasteiger partial charge in [0.1, 0.15) is 5.75 Å². The van der Waals surface area contributed by atoms with Gasteiger partial charge in [0.25, 0.3) is 0 Å². The Morgan fingerprint density at radius 2 is 1.79 bits per heavy atom. The number of aromatic hydroxyl groups is 1. The second-order valence-electron chi connectivity index (χ2n) is 8.52. The van der Waals surface area contributed by atoms with Crippen molar-refractivity contribution in [1.82, 2.24) is 0 Å². The molecule has 2 rings (SSSR count). The number of nitrogens with zero attached hydrogens (tertiary/aromatic N) is 2. The number of phenols is 1. The van der Waals surface area contributed by atoms with Crippen LogP contribution in [0.5, 0.6) is 5.75 Å². The maximum Gasteiger partial charge on any atom is 0.128 e. The van der Waals surface area contributed by atoms with Crippen molar-refractivity contribution < 1.29 is 5.11 Å². The summed E-state index contributed by atoms with van der Waals surface area (Å²) in [6, 6.07) is 4.17. The fourth-order valence-corrected chi connectivity index (χ4v) is 2.66. The monoisotopic (exact) mass is 326 g/mol. The van der Waals surface area contributed by atoms with Crippen LogP contribution in [0.4, 0.5) is 0 Å². The average Bonchev–Trinajstić information content (AvgIpc) is 2.47. The lowest BCUT2D eigenvalue weighted by atomic mass is 9.79. The molecule has 1 aliphatic rings. The molecule has 3 nitrogen and oxygen atoms in total. The molecular formula is C21H30N2O. The number of aliphatic imine (C=N–C) groups is 2. The molecule has 0 spiro atoms. The number of hydrogen-bond donors (Lipinski definition) is 1. The van der Waals surface area contributed by atoms with E-state index in [1.54, 1.807) is 6.21 Å². The predicted octanol–water partition coefficient (Wildman–Crippen LogP) is 5.15. The number of allylic oxidation sites excluding steroid dienone is 1. The van der Waals surface area contributed by atoms with Crippen molar-refractivity contribution >= 4 is 12.4 Å². The lowest BCUT2D eigenvalue weighted by Gasteiger charge is -2.27. The Balaban J connectivity index is 2.37. The summed E-state index contributed by atoms with van der Waals surface area (Å²) in [5.41, 5.74) is 3.86. The number of benzene rings is 1. The molecule has 0 atom stereocenters. The molecule has 130 valence electrons. The Morgan fingerprint density at radius 3 is 2.33 bits per heavy atom. The Morgan fingerprint density at radius 1 is 1.08 bits per heavy atom. The van der Waals surface area contributed by atoms with Crippen LogP contribution >= 0.6 is 0 Å². The Labute approximate surface area is 146 Å². The van der Waals surface area contributed by atoms with Crippen LogP contribution in [-0.4, -0.2) is 24.1 Å². The molecule has 1 heterocycles. The first-order valence-electron chi connectivity index (χ1n) is 8.68. The van der Waals surface area contributed by atoms with Crippen LogP contribution in [0, 0.1) is 0 Å². The molecule has 0 saturated carbocycles. The second-order valence-corrected chi connectivity index (χ2v) is 8.52. The van der Waals surface area contributed by atoms with E-state index in [-0.39, 0.29) is 10.8 Å². The molecule has 1 aromatic carbocycles. The number of rotatable bonds is 3. The summed E-state index contributed by atoms with van der Waals surface area (Å²) < 4.78 is 0. The van der Waals surface area contributed by atoms with Gasteiger partial charge >= 0.3 is 0 Å². The number of phenolic OH excluding ortho intramolecular Hbond substituents is 1. The maximum absolute atomic E-state index is 10.7. The normalized spacial score (nSPS) is 15.8. The summed E-state index contributed by atoms with van der Waals surface area (Å²) in [7, 11) is 0. The highest BCUT2D eigenvalue weighted by molar-refractivity contribution is 5.85. The quantitative estimate of drug-likeness (QED) is 0.767. The van der Waals surface area contributed by atoms with Gasteiger partial charge in [-0.25, -0.2) is 0 Å². The van der Waals surface area contributed by atoms with Crippen molar-refractivity contribution in [3.63, 3.8) is 0 Å². The molecule has 0 bridgehead atoms. The molecule has 24 heavy (non-hydrogen) atoms. The van der Waals surface area contributed by atoms with Crippen LogP contribution in [0.3, 0.4) is 0 Å². The average molecular weight is 326 g/mol. The summed E-state index contributed by atoms with van der Waals surface area (Å²) >= 11 is 0. The van der Waals surface area contributed by atoms with Crippen LogP contribution in [0.2, 0.25) is 0 Å². The van der Waals surface area contributed by atoms with Crippen molar-refractivity contribution in [2.45, 2.75) is 65.2 Å². The van der Waals surface area contributed by atoms with E-state index < -0.39 is 0 Å². The Bertz CT molecular complexity index is 683. The van der Waals surface area contributed by atoms with Gasteiger partial charge in [0.05, 0.1) is 12.2 Å². The third-order valence-electron chi connectivity index (χ3n) is 4.23. The van der Waals surface area contributed by atoms with E-state index in [0.29, 0.717) is 12.3 Å². The minimum Gasteiger partial charge on any atom is -0.507 e. The highest BCUT2D eigenvalue weighted by atomic mass is 16.3. The van der Waals surface area contributed by atoms with E-state index in [4.69, 9.17) is 0 Å². The fraction of sp³-hybridized carbons (Fsp3) is 0.524. The van der Waals surface area contributed by atoms with Gasteiger partial charge in [-0.05, 0) is 35.3 Å². The van der Waals surface area contributed by atoms with Crippen molar-refractivity contribution in [3.05, 3.63) is 40.6 Å². The molecule has 1 aliphatic heterocycles. The van der Waals surface area contributed by atoms with Crippen LogP contribution in [-0.2, 0) is 10.8 Å². The van der Waals surface area contributed by atoms with E-state index in [0.717, 1.165) is 29.7 Å². The van der Waals surface area contributed by atoms with Crippen LogP contribution < -0.4 is 0 Å². The molecule has 0 saturated heterocycles. The molecule has 0 unspecified atom stereocenters. The molecular weight excluding hydrogens is 296 g/mol. The molecule has 3 heteroatoms. The first-order chi connectivity index (χ1) is 11.1. The summed E-state index contributed by atoms with van der Waals surface area (Å²) in [4.78, 5) is 8.86. The van der Waals surface area contributed by atoms with Gasteiger partial charge in [0, 0.05) is 23.6 Å². The van der Waals surface area contributed by atoms with E-state index in [1.807, 2.05) is 12.3 Å². The van der Waals surface area contributed by atoms with E-state index >= 15 is 0 Å². The van der Waals surface area contributed by atoms with Crippen LogP contribution in [0.15, 0.2) is 33.9 Å². The molecule has 1 aromatic rings. The van der Waals surface area contributed by atoms with Gasteiger partial charge in [-0.15, -0.1) is 0 Å². The lowest BCUT2D eigenvalue weighted by Crippen LogP contribution is -2.17. The summed E-state index contributed by atoms with van der Waals surface area (Å²) in [5.74, 6) is 0.334. The molecule has 1 N–H and O–H groups in total. The van der Waals surface area contributed by atoms with Gasteiger partial charge in [-0.1, -0.05) is 53.7 Å². The first-order valence-corrected chi connectivity index (χ1v) is 8.68. The van der Waals surface area contributed by atoms with Crippen molar-refractivity contribution in [2.75, 3.05) is 6.54 Å². The number of hydrogen-bond acceptors (Lipinski definition) is 3. The maximum atomic E-state index is 10.7. The standard InChI is InChI=1S/C21H30N2O/c1-20(2,3)16-11-15(19(24)18(12-16)21(4,5)6)13-22-14-17-9-7-8-10-23-17/h9-13,24H,7-8,14H2,1-6H3. The summed E-state index contributed by atoms with van der Waals surface area (Å²) in [6.45, 7) is 13.5. The Kier molecular flexibility index (Phi) is 5.32. The Hall–Kier alpha value is -1.90. The lowest BCUT2D eigenvalue weighted by molar-refractivity contribution is 0.444. The molecule has 0 aromatic heterocycles. The molecule has 0 fully saturated rings.